The number of nitrogens with one attached hydrogen (secondary N) is 1. The van der Waals surface area contributed by atoms with Gasteiger partial charge in [0.2, 0.25) is 0 Å². The highest BCUT2D eigenvalue weighted by Gasteiger charge is 2.17. The maximum absolute atomic E-state index is 12.7. The van der Waals surface area contributed by atoms with Crippen molar-refractivity contribution in [2.24, 2.45) is 0 Å². The Morgan fingerprint density at radius 1 is 0.957 bits per heavy atom. The molecule has 1 amide bonds. The minimum Gasteiger partial charge on any atom is -0.336 e. The molecule has 2 aromatic rings. The van der Waals surface area contributed by atoms with Gasteiger partial charge < -0.3 is 10.2 Å². The van der Waals surface area contributed by atoms with Crippen LogP contribution in [0.2, 0.25) is 0 Å². The second-order valence-corrected chi connectivity index (χ2v) is 5.49. The first-order chi connectivity index (χ1) is 10.3. The van der Waals surface area contributed by atoms with Crippen LogP contribution in [0.25, 0.3) is 10.9 Å². The molecule has 0 unspecified atom stereocenters. The summed E-state index contributed by atoms with van der Waals surface area (Å²) in [4.78, 5) is 19.1. The maximum atomic E-state index is 12.7. The van der Waals surface area contributed by atoms with Crippen molar-refractivity contribution in [1.29, 1.82) is 0 Å². The third-order valence-electron chi connectivity index (χ3n) is 3.94. The van der Waals surface area contributed by atoms with Crippen molar-refractivity contribution in [3.63, 3.8) is 0 Å². The van der Waals surface area contributed by atoms with Crippen LogP contribution in [0, 0.1) is 14.9 Å². The number of amides is 1. The van der Waals surface area contributed by atoms with Gasteiger partial charge in [0.25, 0.3) is 5.91 Å². The smallest absolute Gasteiger partial charge is 0.272 e. The number of rotatable bonds is 1. The number of benzene rings is 1. The van der Waals surface area contributed by atoms with Crippen molar-refractivity contribution >= 4 is 16.8 Å². The molecular formula is C19H25N3O. The standard InChI is InChI=1S/C17H21N3O.2CH2/c21-17(20-12-5-1-4-10-18-11-13-20)16-9-8-14-6-2-3-7-15(14)19-16;;/h2-3,6-9,18H,1,4-5,10-13H2;2*1H2. The Bertz CT molecular complexity index is 617. The number of para-hydroxylation sites is 1. The number of hydrogen-bond acceptors (Lipinski definition) is 3. The maximum Gasteiger partial charge on any atom is 0.272 e. The van der Waals surface area contributed by atoms with E-state index in [9.17, 15) is 4.79 Å². The third kappa shape index (κ3) is 4.76. The molecule has 1 fully saturated rings. The molecule has 0 aliphatic carbocycles. The summed E-state index contributed by atoms with van der Waals surface area (Å²) in [5, 5.41) is 4.45. The summed E-state index contributed by atoms with van der Waals surface area (Å²) in [6, 6.07) is 11.7. The summed E-state index contributed by atoms with van der Waals surface area (Å²) in [6.07, 6.45) is 3.43. The highest BCUT2D eigenvalue weighted by atomic mass is 16.2. The zero-order valence-corrected chi connectivity index (χ0v) is 13.6. The molecule has 1 aliphatic heterocycles. The van der Waals surface area contributed by atoms with E-state index in [1.54, 1.807) is 0 Å². The van der Waals surface area contributed by atoms with Crippen molar-refractivity contribution in [1.82, 2.24) is 15.2 Å². The number of fused-ring (bicyclic) bond motifs is 1. The Kier molecular flexibility index (Phi) is 7.69. The molecule has 0 spiro atoms. The fourth-order valence-corrected chi connectivity index (χ4v) is 2.73. The van der Waals surface area contributed by atoms with E-state index in [2.05, 4.69) is 10.3 Å². The number of aromatic nitrogens is 1. The van der Waals surface area contributed by atoms with E-state index in [1.807, 2.05) is 41.3 Å². The molecule has 0 atom stereocenters. The molecular weight excluding hydrogens is 286 g/mol. The van der Waals surface area contributed by atoms with Gasteiger partial charge in [0, 0.05) is 25.0 Å². The van der Waals surface area contributed by atoms with E-state index in [1.165, 1.54) is 12.8 Å². The molecule has 1 aromatic carbocycles. The summed E-state index contributed by atoms with van der Waals surface area (Å²) in [7, 11) is 0. The molecule has 4 heteroatoms. The minimum absolute atomic E-state index is 0. The largest absolute Gasteiger partial charge is 0.336 e. The normalized spacial score (nSPS) is 15.6. The van der Waals surface area contributed by atoms with Crippen LogP contribution in [0.4, 0.5) is 0 Å². The molecule has 122 valence electrons. The van der Waals surface area contributed by atoms with Gasteiger partial charge >= 0.3 is 0 Å². The lowest BCUT2D eigenvalue weighted by molar-refractivity contribution is 0.0751. The number of carbonyl (C=O) groups is 1. The predicted octanol–water partition coefficient (Wildman–Crippen LogP) is 3.11. The van der Waals surface area contributed by atoms with Gasteiger partial charge in [-0.05, 0) is 31.5 Å². The van der Waals surface area contributed by atoms with Crippen LogP contribution in [0.1, 0.15) is 29.8 Å². The topological polar surface area (TPSA) is 45.2 Å². The summed E-state index contributed by atoms with van der Waals surface area (Å²) in [5.41, 5.74) is 1.43. The zero-order chi connectivity index (χ0) is 14.5. The highest BCUT2D eigenvalue weighted by Crippen LogP contribution is 2.13. The lowest BCUT2D eigenvalue weighted by Gasteiger charge is -2.21. The molecule has 2 heterocycles. The Morgan fingerprint density at radius 3 is 2.65 bits per heavy atom. The molecule has 1 aromatic heterocycles. The lowest BCUT2D eigenvalue weighted by Crippen LogP contribution is -2.37. The first-order valence-corrected chi connectivity index (χ1v) is 7.70. The van der Waals surface area contributed by atoms with Gasteiger partial charge in [0.1, 0.15) is 5.69 Å². The van der Waals surface area contributed by atoms with Gasteiger partial charge in [0.05, 0.1) is 5.52 Å². The second-order valence-electron chi connectivity index (χ2n) is 5.49. The van der Waals surface area contributed by atoms with E-state index >= 15 is 0 Å². The monoisotopic (exact) mass is 311 g/mol. The second kappa shape index (κ2) is 9.26. The summed E-state index contributed by atoms with van der Waals surface area (Å²) < 4.78 is 0. The van der Waals surface area contributed by atoms with Crippen LogP contribution in [-0.2, 0) is 0 Å². The number of hydrogen-bond donors (Lipinski definition) is 1. The van der Waals surface area contributed by atoms with Gasteiger partial charge in [-0.25, -0.2) is 4.98 Å². The highest BCUT2D eigenvalue weighted by molar-refractivity contribution is 5.94. The molecule has 1 saturated heterocycles. The predicted molar refractivity (Wildman–Crippen MR) is 95.1 cm³/mol. The van der Waals surface area contributed by atoms with E-state index in [-0.39, 0.29) is 20.8 Å². The van der Waals surface area contributed by atoms with Crippen LogP contribution < -0.4 is 5.32 Å². The first kappa shape index (κ1) is 19.1. The quantitative estimate of drug-likeness (QED) is 0.880. The van der Waals surface area contributed by atoms with Gasteiger partial charge in [-0.15, -0.1) is 0 Å². The molecule has 0 saturated carbocycles. The van der Waals surface area contributed by atoms with Crippen LogP contribution in [0.3, 0.4) is 0 Å². The summed E-state index contributed by atoms with van der Waals surface area (Å²) in [5.74, 6) is 0.0458. The Balaban J connectivity index is 0.00000132. The molecule has 4 nitrogen and oxygen atoms in total. The van der Waals surface area contributed by atoms with Crippen LogP contribution >= 0.6 is 0 Å². The molecule has 1 aliphatic rings. The van der Waals surface area contributed by atoms with E-state index in [0.717, 1.165) is 43.5 Å². The van der Waals surface area contributed by atoms with Crippen LogP contribution in [-0.4, -0.2) is 42.0 Å². The first-order valence-electron chi connectivity index (χ1n) is 7.70. The Morgan fingerprint density at radius 2 is 1.78 bits per heavy atom. The summed E-state index contributed by atoms with van der Waals surface area (Å²) >= 11 is 0. The van der Waals surface area contributed by atoms with E-state index in [4.69, 9.17) is 0 Å². The molecule has 4 radical (unpaired) electrons. The number of nitrogens with zero attached hydrogens (tertiary/aromatic N) is 2. The van der Waals surface area contributed by atoms with E-state index in [0.29, 0.717) is 5.69 Å². The Labute approximate surface area is 139 Å². The Hall–Kier alpha value is -1.94. The fraction of sp³-hybridized carbons (Fsp3) is 0.368. The number of pyridine rings is 1. The van der Waals surface area contributed by atoms with Crippen LogP contribution in [0.5, 0.6) is 0 Å². The van der Waals surface area contributed by atoms with E-state index < -0.39 is 0 Å². The summed E-state index contributed by atoms with van der Waals surface area (Å²) in [6.45, 7) is 3.50. The van der Waals surface area contributed by atoms with Crippen molar-refractivity contribution in [2.45, 2.75) is 19.3 Å². The average Bonchev–Trinajstić information content (AvgIpc) is 2.67. The van der Waals surface area contributed by atoms with Gasteiger partial charge in [-0.2, -0.15) is 0 Å². The number of carbonyl (C=O) groups excluding carboxylic acids is 1. The van der Waals surface area contributed by atoms with Crippen molar-refractivity contribution in [2.75, 3.05) is 26.2 Å². The fourth-order valence-electron chi connectivity index (χ4n) is 2.73. The SMILES string of the molecule is O=C(c1ccc2ccccc2n1)N1CCCCCNCC1.[CH2].[CH2]. The minimum atomic E-state index is 0. The van der Waals surface area contributed by atoms with Crippen LogP contribution in [0.15, 0.2) is 36.4 Å². The van der Waals surface area contributed by atoms with Crippen molar-refractivity contribution < 1.29 is 4.79 Å². The van der Waals surface area contributed by atoms with Gasteiger partial charge in [-0.3, -0.25) is 4.79 Å². The molecule has 3 rings (SSSR count). The van der Waals surface area contributed by atoms with Gasteiger partial charge in [-0.1, -0.05) is 45.5 Å². The van der Waals surface area contributed by atoms with Gasteiger partial charge in [0.15, 0.2) is 0 Å². The van der Waals surface area contributed by atoms with Crippen molar-refractivity contribution in [3.05, 3.63) is 56.9 Å². The van der Waals surface area contributed by atoms with Crippen molar-refractivity contribution in [3.8, 4) is 0 Å². The molecule has 0 bridgehead atoms. The molecule has 1 N–H and O–H groups in total. The third-order valence-corrected chi connectivity index (χ3v) is 3.94. The lowest BCUT2D eigenvalue weighted by atomic mass is 10.2. The molecule has 23 heavy (non-hydrogen) atoms. The zero-order valence-electron chi connectivity index (χ0n) is 13.6. The average molecular weight is 311 g/mol.